The van der Waals surface area contributed by atoms with Gasteiger partial charge in [-0.2, -0.15) is 0 Å². The molecule has 0 atom stereocenters. The van der Waals surface area contributed by atoms with Gasteiger partial charge in [-0.3, -0.25) is 14.3 Å². The number of thioether (sulfide) groups is 1. The minimum atomic E-state index is -0.524. The maximum atomic E-state index is 14.8. The molecular formula is C25H23FN6O3S2. The van der Waals surface area contributed by atoms with Gasteiger partial charge in [-0.1, -0.05) is 23.9 Å². The predicted octanol–water partition coefficient (Wildman–Crippen LogP) is 4.20. The lowest BCUT2D eigenvalue weighted by atomic mass is 10.0. The van der Waals surface area contributed by atoms with E-state index in [0.717, 1.165) is 10.6 Å². The van der Waals surface area contributed by atoms with Gasteiger partial charge in [-0.25, -0.2) is 9.37 Å². The first-order valence-electron chi connectivity index (χ1n) is 11.9. The SMILES string of the molecule is O=C(c1csc(CSc2nnc(-c3ccncc3)n2-c2ccccc2F)n1)N1CCC2(CC1)OCCO2. The average molecular weight is 539 g/mol. The monoisotopic (exact) mass is 538 g/mol. The van der Waals surface area contributed by atoms with Crippen LogP contribution >= 0.6 is 23.1 Å². The third-order valence-corrected chi connectivity index (χ3v) is 8.36. The van der Waals surface area contributed by atoms with Crippen molar-refractivity contribution in [2.45, 2.75) is 29.5 Å². The fraction of sp³-hybridized carbons (Fsp3) is 0.320. The van der Waals surface area contributed by atoms with E-state index in [1.807, 2.05) is 12.1 Å². The summed E-state index contributed by atoms with van der Waals surface area (Å²) in [7, 11) is 0. The zero-order valence-corrected chi connectivity index (χ0v) is 21.4. The quantitative estimate of drug-likeness (QED) is 0.337. The molecule has 2 saturated heterocycles. The zero-order valence-electron chi connectivity index (χ0n) is 19.7. The Labute approximate surface area is 220 Å². The van der Waals surface area contributed by atoms with Crippen molar-refractivity contribution in [1.82, 2.24) is 29.6 Å². The molecule has 190 valence electrons. The molecule has 0 saturated carbocycles. The fourth-order valence-corrected chi connectivity index (χ4v) is 6.23. The normalized spacial score (nSPS) is 16.9. The molecule has 5 heterocycles. The molecule has 0 N–H and O–H groups in total. The third-order valence-electron chi connectivity index (χ3n) is 6.39. The molecule has 1 spiro atoms. The lowest BCUT2D eigenvalue weighted by molar-refractivity contribution is -0.181. The molecule has 0 radical (unpaired) electrons. The van der Waals surface area contributed by atoms with Crippen LogP contribution in [0.5, 0.6) is 0 Å². The summed E-state index contributed by atoms with van der Waals surface area (Å²) in [4.78, 5) is 23.5. The number of pyridine rings is 1. The summed E-state index contributed by atoms with van der Waals surface area (Å²) >= 11 is 2.81. The zero-order chi connectivity index (χ0) is 25.2. The molecule has 3 aromatic heterocycles. The van der Waals surface area contributed by atoms with E-state index in [0.29, 0.717) is 67.3 Å². The second-order valence-electron chi connectivity index (χ2n) is 8.64. The number of nitrogens with zero attached hydrogens (tertiary/aromatic N) is 6. The van der Waals surface area contributed by atoms with Gasteiger partial charge >= 0.3 is 0 Å². The van der Waals surface area contributed by atoms with Crippen molar-refractivity contribution < 1.29 is 18.7 Å². The van der Waals surface area contributed by atoms with E-state index in [2.05, 4.69) is 20.2 Å². The van der Waals surface area contributed by atoms with Crippen molar-refractivity contribution in [2.75, 3.05) is 26.3 Å². The van der Waals surface area contributed by atoms with Crippen molar-refractivity contribution in [3.05, 3.63) is 70.7 Å². The average Bonchev–Trinajstić information content (AvgIpc) is 3.69. The number of piperidine rings is 1. The molecule has 6 rings (SSSR count). The first kappa shape index (κ1) is 24.2. The molecule has 37 heavy (non-hydrogen) atoms. The lowest BCUT2D eigenvalue weighted by Crippen LogP contribution is -2.47. The van der Waals surface area contributed by atoms with Crippen LogP contribution in [0.4, 0.5) is 4.39 Å². The number of halogens is 1. The summed E-state index contributed by atoms with van der Waals surface area (Å²) in [5, 5.41) is 11.8. The number of likely N-dealkylation sites (tertiary alicyclic amines) is 1. The van der Waals surface area contributed by atoms with Crippen LogP contribution in [0.1, 0.15) is 28.3 Å². The van der Waals surface area contributed by atoms with Crippen molar-refractivity contribution in [2.24, 2.45) is 0 Å². The molecule has 9 nitrogen and oxygen atoms in total. The predicted molar refractivity (Wildman–Crippen MR) is 136 cm³/mol. The highest BCUT2D eigenvalue weighted by molar-refractivity contribution is 7.98. The van der Waals surface area contributed by atoms with Gasteiger partial charge < -0.3 is 14.4 Å². The smallest absolute Gasteiger partial charge is 0.273 e. The largest absolute Gasteiger partial charge is 0.347 e. The van der Waals surface area contributed by atoms with Crippen LogP contribution in [0.3, 0.4) is 0 Å². The summed E-state index contributed by atoms with van der Waals surface area (Å²) in [5.41, 5.74) is 1.56. The molecule has 1 amide bonds. The van der Waals surface area contributed by atoms with Gasteiger partial charge in [0.2, 0.25) is 0 Å². The number of thiazole rings is 1. The number of aromatic nitrogens is 5. The van der Waals surface area contributed by atoms with E-state index in [-0.39, 0.29) is 11.7 Å². The van der Waals surface area contributed by atoms with E-state index >= 15 is 0 Å². The van der Waals surface area contributed by atoms with Gasteiger partial charge in [-0.15, -0.1) is 21.5 Å². The number of hydrogen-bond acceptors (Lipinski definition) is 9. The molecule has 2 fully saturated rings. The molecule has 12 heteroatoms. The Hall–Kier alpha value is -3.19. The number of amides is 1. The molecular weight excluding hydrogens is 515 g/mol. The number of carbonyl (C=O) groups is 1. The number of hydrogen-bond donors (Lipinski definition) is 0. The highest BCUT2D eigenvalue weighted by Gasteiger charge is 2.41. The van der Waals surface area contributed by atoms with Crippen molar-refractivity contribution in [1.29, 1.82) is 0 Å². The summed E-state index contributed by atoms with van der Waals surface area (Å²) in [6.45, 7) is 2.36. The van der Waals surface area contributed by atoms with E-state index in [1.165, 1.54) is 29.2 Å². The van der Waals surface area contributed by atoms with E-state index in [1.54, 1.807) is 45.4 Å². The second-order valence-corrected chi connectivity index (χ2v) is 10.5. The Morgan fingerprint density at radius 1 is 1.08 bits per heavy atom. The Kier molecular flexibility index (Phi) is 6.72. The number of rotatable bonds is 6. The van der Waals surface area contributed by atoms with Crippen LogP contribution in [0, 0.1) is 5.82 Å². The highest BCUT2D eigenvalue weighted by atomic mass is 32.2. The van der Waals surface area contributed by atoms with E-state index < -0.39 is 5.79 Å². The van der Waals surface area contributed by atoms with Crippen LogP contribution in [0.2, 0.25) is 0 Å². The van der Waals surface area contributed by atoms with Crippen LogP contribution in [-0.2, 0) is 15.2 Å². The van der Waals surface area contributed by atoms with Crippen LogP contribution < -0.4 is 0 Å². The molecule has 1 aromatic carbocycles. The topological polar surface area (TPSA) is 95.3 Å². The summed E-state index contributed by atoms with van der Waals surface area (Å²) in [5.74, 6) is -0.00783. The molecule has 2 aliphatic heterocycles. The van der Waals surface area contributed by atoms with E-state index in [4.69, 9.17) is 9.47 Å². The molecule has 0 unspecified atom stereocenters. The Morgan fingerprint density at radius 2 is 1.84 bits per heavy atom. The first-order valence-corrected chi connectivity index (χ1v) is 13.7. The maximum Gasteiger partial charge on any atom is 0.273 e. The molecule has 0 aliphatic carbocycles. The van der Waals surface area contributed by atoms with Crippen molar-refractivity contribution in [3.8, 4) is 17.1 Å². The summed E-state index contributed by atoms with van der Waals surface area (Å²) < 4.78 is 28.0. The van der Waals surface area contributed by atoms with Crippen molar-refractivity contribution >= 4 is 29.0 Å². The van der Waals surface area contributed by atoms with Gasteiger partial charge in [0.15, 0.2) is 16.8 Å². The van der Waals surface area contributed by atoms with Gasteiger partial charge in [0.1, 0.15) is 16.5 Å². The third kappa shape index (κ3) is 4.89. The molecule has 2 aliphatic rings. The number of para-hydroxylation sites is 1. The van der Waals surface area contributed by atoms with E-state index in [9.17, 15) is 9.18 Å². The highest BCUT2D eigenvalue weighted by Crippen LogP contribution is 2.33. The minimum Gasteiger partial charge on any atom is -0.347 e. The minimum absolute atomic E-state index is 0.0881. The standard InChI is InChI=1S/C25H23FN6O3S2/c26-18-3-1-2-4-20(18)32-22(17-5-9-27-10-6-17)29-30-24(32)37-16-21-28-19(15-36-21)23(33)31-11-7-25(8-12-31)34-13-14-35-25/h1-6,9-10,15H,7-8,11-14,16H2. The lowest BCUT2D eigenvalue weighted by Gasteiger charge is -2.37. The van der Waals surface area contributed by atoms with Crippen LogP contribution in [-0.4, -0.2) is 67.6 Å². The Balaban J connectivity index is 1.18. The summed E-state index contributed by atoms with van der Waals surface area (Å²) in [6, 6.07) is 10.1. The number of carbonyl (C=O) groups excluding carboxylic acids is 1. The number of ether oxygens (including phenoxy) is 2. The molecule has 4 aromatic rings. The first-order chi connectivity index (χ1) is 18.1. The summed E-state index contributed by atoms with van der Waals surface area (Å²) in [6.07, 6.45) is 4.65. The van der Waals surface area contributed by atoms with Gasteiger partial charge in [0.05, 0.1) is 24.7 Å². The molecule has 0 bridgehead atoms. The van der Waals surface area contributed by atoms with Crippen LogP contribution in [0.15, 0.2) is 59.3 Å². The number of benzene rings is 1. The van der Waals surface area contributed by atoms with Gasteiger partial charge in [0.25, 0.3) is 5.91 Å². The van der Waals surface area contributed by atoms with Crippen LogP contribution in [0.25, 0.3) is 17.1 Å². The second kappa shape index (κ2) is 10.3. The van der Waals surface area contributed by atoms with Gasteiger partial charge in [0, 0.05) is 49.3 Å². The Morgan fingerprint density at radius 3 is 2.59 bits per heavy atom. The van der Waals surface area contributed by atoms with Gasteiger partial charge in [-0.05, 0) is 24.3 Å². The Bertz CT molecular complexity index is 1400. The van der Waals surface area contributed by atoms with Crippen molar-refractivity contribution in [3.63, 3.8) is 0 Å². The maximum absolute atomic E-state index is 14.8. The fourth-order valence-electron chi connectivity index (χ4n) is 4.50.